The van der Waals surface area contributed by atoms with Crippen LogP contribution in [0.3, 0.4) is 0 Å². The zero-order valence-corrected chi connectivity index (χ0v) is 16.1. The van der Waals surface area contributed by atoms with Gasteiger partial charge in [0.2, 0.25) is 0 Å². The number of hydrogen-bond donors (Lipinski definition) is 2. The number of halogens is 1. The van der Waals surface area contributed by atoms with Crippen molar-refractivity contribution < 1.29 is 4.79 Å². The lowest BCUT2D eigenvalue weighted by Gasteiger charge is -2.20. The number of nitrogens with one attached hydrogen (secondary N) is 2. The molecule has 2 amide bonds. The first-order valence-corrected chi connectivity index (χ1v) is 9.57. The smallest absolute Gasteiger partial charge is 0.315 e. The molecule has 0 aliphatic rings. The van der Waals surface area contributed by atoms with Crippen LogP contribution in [0.4, 0.5) is 4.79 Å². The third-order valence-corrected chi connectivity index (χ3v) is 4.56. The lowest BCUT2D eigenvalue weighted by Crippen LogP contribution is -2.37. The van der Waals surface area contributed by atoms with Gasteiger partial charge in [0, 0.05) is 24.7 Å². The van der Waals surface area contributed by atoms with Crippen molar-refractivity contribution in [1.29, 1.82) is 0 Å². The molecule has 4 nitrogen and oxygen atoms in total. The van der Waals surface area contributed by atoms with E-state index in [2.05, 4.69) is 34.6 Å². The summed E-state index contributed by atoms with van der Waals surface area (Å²) in [5, 5.41) is 6.57. The largest absolute Gasteiger partial charge is 0.338 e. The van der Waals surface area contributed by atoms with Gasteiger partial charge >= 0.3 is 6.03 Å². The number of nitrogens with zero attached hydrogens (tertiary/aromatic N) is 1. The highest BCUT2D eigenvalue weighted by atomic mass is 35.5. The molecule has 5 heteroatoms. The predicted molar refractivity (Wildman–Crippen MR) is 109 cm³/mol. The van der Waals surface area contributed by atoms with Crippen LogP contribution in [0, 0.1) is 0 Å². The molecular formula is C21H28ClN3O. The van der Waals surface area contributed by atoms with E-state index < -0.39 is 0 Å². The van der Waals surface area contributed by atoms with Gasteiger partial charge in [-0.05, 0) is 49.2 Å². The molecule has 0 atom stereocenters. The van der Waals surface area contributed by atoms with Crippen molar-refractivity contribution >= 4 is 17.6 Å². The minimum atomic E-state index is -0.113. The predicted octanol–water partition coefficient (Wildman–Crippen LogP) is 4.09. The Morgan fingerprint density at radius 2 is 1.69 bits per heavy atom. The summed E-state index contributed by atoms with van der Waals surface area (Å²) >= 11 is 5.92. The van der Waals surface area contributed by atoms with Gasteiger partial charge in [-0.3, -0.25) is 0 Å². The van der Waals surface area contributed by atoms with Crippen molar-refractivity contribution in [2.45, 2.75) is 26.3 Å². The van der Waals surface area contributed by atoms with Gasteiger partial charge in [0.25, 0.3) is 0 Å². The first-order chi connectivity index (χ1) is 12.7. The number of likely N-dealkylation sites (N-methyl/N-ethyl adjacent to an activating group) is 1. The monoisotopic (exact) mass is 373 g/mol. The molecule has 2 N–H and O–H groups in total. The highest BCUT2D eigenvalue weighted by Gasteiger charge is 2.04. The van der Waals surface area contributed by atoms with Crippen LogP contribution in [-0.4, -0.2) is 37.1 Å². The molecular weight excluding hydrogens is 346 g/mol. The van der Waals surface area contributed by atoms with Crippen molar-refractivity contribution in [3.05, 3.63) is 70.7 Å². The van der Waals surface area contributed by atoms with Crippen molar-refractivity contribution in [2.24, 2.45) is 0 Å². The minimum Gasteiger partial charge on any atom is -0.338 e. The second kappa shape index (κ2) is 11.6. The molecule has 2 aromatic rings. The third-order valence-electron chi connectivity index (χ3n) is 4.31. The van der Waals surface area contributed by atoms with E-state index in [1.54, 1.807) is 0 Å². The fourth-order valence-corrected chi connectivity index (χ4v) is 2.84. The summed E-state index contributed by atoms with van der Waals surface area (Å²) in [5.41, 5.74) is 2.40. The maximum atomic E-state index is 11.8. The first-order valence-electron chi connectivity index (χ1n) is 9.20. The highest BCUT2D eigenvalue weighted by Crippen LogP contribution is 2.10. The van der Waals surface area contributed by atoms with E-state index in [9.17, 15) is 4.79 Å². The van der Waals surface area contributed by atoms with E-state index in [4.69, 9.17) is 11.6 Å². The SMILES string of the molecule is CCN(CCCNC(=O)NCc1ccccc1)CCc1ccc(Cl)cc1. The van der Waals surface area contributed by atoms with E-state index in [1.807, 2.05) is 42.5 Å². The summed E-state index contributed by atoms with van der Waals surface area (Å²) in [5.74, 6) is 0. The standard InChI is InChI=1S/C21H28ClN3O/c1-2-25(16-13-18-9-11-20(22)12-10-18)15-6-14-23-21(26)24-17-19-7-4-3-5-8-19/h3-5,7-12H,2,6,13-17H2,1H3,(H2,23,24,26). The maximum absolute atomic E-state index is 11.8. The highest BCUT2D eigenvalue weighted by molar-refractivity contribution is 6.30. The molecule has 0 aliphatic heterocycles. The van der Waals surface area contributed by atoms with E-state index in [1.165, 1.54) is 5.56 Å². The van der Waals surface area contributed by atoms with E-state index in [0.717, 1.165) is 43.1 Å². The Labute approximate surface area is 161 Å². The van der Waals surface area contributed by atoms with Crippen LogP contribution in [0.25, 0.3) is 0 Å². The Morgan fingerprint density at radius 3 is 2.38 bits per heavy atom. The van der Waals surface area contributed by atoms with Gasteiger partial charge in [-0.15, -0.1) is 0 Å². The number of hydrogen-bond acceptors (Lipinski definition) is 2. The van der Waals surface area contributed by atoms with E-state index >= 15 is 0 Å². The summed E-state index contributed by atoms with van der Waals surface area (Å²) in [6.07, 6.45) is 1.95. The van der Waals surface area contributed by atoms with Gasteiger partial charge < -0.3 is 15.5 Å². The second-order valence-electron chi connectivity index (χ2n) is 6.26. The van der Waals surface area contributed by atoms with Gasteiger partial charge in [0.05, 0.1) is 0 Å². The number of rotatable bonds is 10. The number of carbonyl (C=O) groups excluding carboxylic acids is 1. The Morgan fingerprint density at radius 1 is 0.962 bits per heavy atom. The average molecular weight is 374 g/mol. The molecule has 0 aliphatic carbocycles. The first kappa shape index (κ1) is 20.3. The van der Waals surface area contributed by atoms with E-state index in [-0.39, 0.29) is 6.03 Å². The fourth-order valence-electron chi connectivity index (χ4n) is 2.71. The molecule has 0 unspecified atom stereocenters. The summed E-state index contributed by atoms with van der Waals surface area (Å²) in [7, 11) is 0. The van der Waals surface area contributed by atoms with Gasteiger partial charge in [0.15, 0.2) is 0 Å². The van der Waals surface area contributed by atoms with Crippen molar-refractivity contribution in [2.75, 3.05) is 26.2 Å². The minimum absolute atomic E-state index is 0.113. The topological polar surface area (TPSA) is 44.4 Å². The molecule has 0 radical (unpaired) electrons. The van der Waals surface area contributed by atoms with Crippen LogP contribution < -0.4 is 10.6 Å². The molecule has 0 heterocycles. The van der Waals surface area contributed by atoms with Crippen LogP contribution in [0.1, 0.15) is 24.5 Å². The molecule has 0 bridgehead atoms. The summed E-state index contributed by atoms with van der Waals surface area (Å²) in [4.78, 5) is 14.2. The van der Waals surface area contributed by atoms with Crippen LogP contribution in [0.2, 0.25) is 5.02 Å². The Bertz CT molecular complexity index is 646. The normalized spacial score (nSPS) is 10.7. The zero-order valence-electron chi connectivity index (χ0n) is 15.4. The number of carbonyl (C=O) groups is 1. The number of amides is 2. The van der Waals surface area contributed by atoms with Gasteiger partial charge in [-0.2, -0.15) is 0 Å². The van der Waals surface area contributed by atoms with Gasteiger partial charge in [0.1, 0.15) is 0 Å². The van der Waals surface area contributed by atoms with Crippen molar-refractivity contribution in [1.82, 2.24) is 15.5 Å². The molecule has 0 fully saturated rings. The molecule has 0 saturated heterocycles. The van der Waals surface area contributed by atoms with Crippen molar-refractivity contribution in [3.63, 3.8) is 0 Å². The molecule has 26 heavy (non-hydrogen) atoms. The fraction of sp³-hybridized carbons (Fsp3) is 0.381. The molecule has 2 aromatic carbocycles. The molecule has 0 saturated carbocycles. The Kier molecular flexibility index (Phi) is 9.01. The lowest BCUT2D eigenvalue weighted by atomic mass is 10.1. The summed E-state index contributed by atoms with van der Waals surface area (Å²) in [6, 6.07) is 17.8. The van der Waals surface area contributed by atoms with E-state index in [0.29, 0.717) is 13.1 Å². The zero-order chi connectivity index (χ0) is 18.6. The summed E-state index contributed by atoms with van der Waals surface area (Å²) < 4.78 is 0. The van der Waals surface area contributed by atoms with Crippen LogP contribution in [0.5, 0.6) is 0 Å². The second-order valence-corrected chi connectivity index (χ2v) is 6.70. The molecule has 0 spiro atoms. The Hall–Kier alpha value is -2.04. The molecule has 140 valence electrons. The molecule has 2 rings (SSSR count). The van der Waals surface area contributed by atoms with Gasteiger partial charge in [-0.25, -0.2) is 4.79 Å². The van der Waals surface area contributed by atoms with Crippen molar-refractivity contribution in [3.8, 4) is 0 Å². The van der Waals surface area contributed by atoms with Gasteiger partial charge in [-0.1, -0.05) is 61.0 Å². The average Bonchev–Trinajstić information content (AvgIpc) is 2.68. The third kappa shape index (κ3) is 7.89. The molecule has 0 aromatic heterocycles. The lowest BCUT2D eigenvalue weighted by molar-refractivity contribution is 0.238. The van der Waals surface area contributed by atoms with Crippen LogP contribution >= 0.6 is 11.6 Å². The number of urea groups is 1. The Balaban J connectivity index is 1.58. The summed E-state index contributed by atoms with van der Waals surface area (Å²) in [6.45, 7) is 6.39. The quantitative estimate of drug-likeness (QED) is 0.616. The van der Waals surface area contributed by atoms with Crippen LogP contribution in [-0.2, 0) is 13.0 Å². The number of benzene rings is 2. The maximum Gasteiger partial charge on any atom is 0.315 e. The van der Waals surface area contributed by atoms with Crippen LogP contribution in [0.15, 0.2) is 54.6 Å².